The fourth-order valence-corrected chi connectivity index (χ4v) is 3.00. The van der Waals surface area contributed by atoms with Crippen LogP contribution in [-0.2, 0) is 0 Å². The van der Waals surface area contributed by atoms with Crippen LogP contribution in [0, 0.1) is 5.82 Å². The molecular weight excluding hydrogens is 363 g/mol. The van der Waals surface area contributed by atoms with Crippen molar-refractivity contribution in [2.24, 2.45) is 0 Å². The van der Waals surface area contributed by atoms with Crippen LogP contribution in [-0.4, -0.2) is 37.3 Å². The first-order valence-corrected chi connectivity index (χ1v) is 8.75. The first kappa shape index (κ1) is 20.1. The van der Waals surface area contributed by atoms with Gasteiger partial charge in [-0.15, -0.1) is 0 Å². The zero-order chi connectivity index (χ0) is 19.1. The number of halogens is 3. The van der Waals surface area contributed by atoms with Crippen molar-refractivity contribution < 1.29 is 18.0 Å². The van der Waals surface area contributed by atoms with Gasteiger partial charge in [-0.1, -0.05) is 36.0 Å². The van der Waals surface area contributed by atoms with Crippen LogP contribution in [0.2, 0.25) is 0 Å². The Balaban J connectivity index is 2.00. The summed E-state index contributed by atoms with van der Waals surface area (Å²) in [7, 11) is 3.70. The normalized spacial score (nSPS) is 12.3. The number of para-hydroxylation sites is 1. The maximum atomic E-state index is 13.1. The Hall–Kier alpha value is -2.19. The number of carbonyl (C=O) groups is 1. The standard InChI is InChI=1S/C18H20F3N3OS/c1-24(2)15(12-7-9-13(19)10-8-12)11-22-18(25)23-14-5-3-4-6-16(14)26-17(20)21/h3-10,15,17H,11H2,1-2H3,(H2,22,23,25). The lowest BCUT2D eigenvalue weighted by molar-refractivity contribution is 0.243. The van der Waals surface area contributed by atoms with Gasteiger partial charge in [0, 0.05) is 11.4 Å². The van der Waals surface area contributed by atoms with Crippen LogP contribution in [0.5, 0.6) is 0 Å². The molecular formula is C18H20F3N3OS. The highest BCUT2D eigenvalue weighted by atomic mass is 32.2. The van der Waals surface area contributed by atoms with Crippen LogP contribution in [0.15, 0.2) is 53.4 Å². The first-order valence-electron chi connectivity index (χ1n) is 7.87. The van der Waals surface area contributed by atoms with E-state index >= 15 is 0 Å². The van der Waals surface area contributed by atoms with E-state index in [2.05, 4.69) is 10.6 Å². The molecule has 0 aliphatic rings. The molecule has 2 amide bonds. The number of thioether (sulfide) groups is 1. The van der Waals surface area contributed by atoms with Gasteiger partial charge in [0.2, 0.25) is 0 Å². The molecule has 0 saturated carbocycles. The molecule has 2 N–H and O–H groups in total. The molecule has 0 bridgehead atoms. The van der Waals surface area contributed by atoms with Crippen molar-refractivity contribution in [3.63, 3.8) is 0 Å². The van der Waals surface area contributed by atoms with E-state index in [0.717, 1.165) is 5.56 Å². The van der Waals surface area contributed by atoms with Crippen molar-refractivity contribution in [3.05, 3.63) is 59.9 Å². The van der Waals surface area contributed by atoms with Crippen molar-refractivity contribution >= 4 is 23.5 Å². The van der Waals surface area contributed by atoms with Crippen LogP contribution in [0.4, 0.5) is 23.7 Å². The summed E-state index contributed by atoms with van der Waals surface area (Å²) in [5, 5.41) is 5.31. The van der Waals surface area contributed by atoms with Crippen molar-refractivity contribution in [3.8, 4) is 0 Å². The molecule has 2 aromatic rings. The smallest absolute Gasteiger partial charge is 0.319 e. The molecule has 0 fully saturated rings. The Morgan fingerprint density at radius 3 is 2.38 bits per heavy atom. The molecule has 0 saturated heterocycles. The number of alkyl halides is 2. The van der Waals surface area contributed by atoms with Crippen molar-refractivity contribution in [2.75, 3.05) is 26.0 Å². The highest BCUT2D eigenvalue weighted by molar-refractivity contribution is 7.99. The van der Waals surface area contributed by atoms with E-state index in [9.17, 15) is 18.0 Å². The van der Waals surface area contributed by atoms with Crippen LogP contribution in [0.25, 0.3) is 0 Å². The maximum Gasteiger partial charge on any atom is 0.319 e. The molecule has 140 valence electrons. The third-order valence-corrected chi connectivity index (χ3v) is 4.47. The predicted molar refractivity (Wildman–Crippen MR) is 98.2 cm³/mol. The second kappa shape index (κ2) is 9.49. The van der Waals surface area contributed by atoms with E-state index in [0.29, 0.717) is 22.3 Å². The second-order valence-electron chi connectivity index (χ2n) is 5.74. The largest absolute Gasteiger partial charge is 0.336 e. The Morgan fingerprint density at radius 1 is 1.12 bits per heavy atom. The van der Waals surface area contributed by atoms with Crippen molar-refractivity contribution in [1.29, 1.82) is 0 Å². The fourth-order valence-electron chi connectivity index (χ4n) is 2.41. The van der Waals surface area contributed by atoms with E-state index < -0.39 is 11.8 Å². The Labute approximate surface area is 154 Å². The van der Waals surface area contributed by atoms with Gasteiger partial charge in [-0.2, -0.15) is 8.78 Å². The van der Waals surface area contributed by atoms with E-state index in [-0.39, 0.29) is 18.4 Å². The Morgan fingerprint density at radius 2 is 1.77 bits per heavy atom. The number of likely N-dealkylation sites (N-methyl/N-ethyl adjacent to an activating group) is 1. The number of carbonyl (C=O) groups excluding carboxylic acids is 1. The average molecular weight is 383 g/mol. The lowest BCUT2D eigenvalue weighted by atomic mass is 10.1. The number of urea groups is 1. The Kier molecular flexibility index (Phi) is 7.35. The highest BCUT2D eigenvalue weighted by Gasteiger charge is 2.16. The van der Waals surface area contributed by atoms with Crippen LogP contribution < -0.4 is 10.6 Å². The summed E-state index contributed by atoms with van der Waals surface area (Å²) in [5.74, 6) is -2.90. The first-order chi connectivity index (χ1) is 12.4. The Bertz CT molecular complexity index is 726. The molecule has 26 heavy (non-hydrogen) atoms. The monoisotopic (exact) mass is 383 g/mol. The van der Waals surface area contributed by atoms with Gasteiger partial charge < -0.3 is 15.5 Å². The minimum Gasteiger partial charge on any atom is -0.336 e. The van der Waals surface area contributed by atoms with E-state index in [1.807, 2.05) is 19.0 Å². The van der Waals surface area contributed by atoms with Gasteiger partial charge in [0.05, 0.1) is 11.7 Å². The maximum absolute atomic E-state index is 13.1. The summed E-state index contributed by atoms with van der Waals surface area (Å²) >= 11 is 0.375. The molecule has 2 aromatic carbocycles. The average Bonchev–Trinajstić information content (AvgIpc) is 2.57. The van der Waals surface area contributed by atoms with Gasteiger partial charge in [0.1, 0.15) is 5.82 Å². The van der Waals surface area contributed by atoms with E-state index in [1.54, 1.807) is 30.3 Å². The third kappa shape index (κ3) is 5.96. The number of nitrogens with one attached hydrogen (secondary N) is 2. The van der Waals surface area contributed by atoms with Crippen molar-refractivity contribution in [2.45, 2.75) is 16.7 Å². The molecule has 1 unspecified atom stereocenters. The zero-order valence-electron chi connectivity index (χ0n) is 14.4. The summed E-state index contributed by atoms with van der Waals surface area (Å²) in [5.41, 5.74) is 1.17. The van der Waals surface area contributed by atoms with Crippen LogP contribution in [0.1, 0.15) is 11.6 Å². The number of anilines is 1. The van der Waals surface area contributed by atoms with Crippen LogP contribution >= 0.6 is 11.8 Å². The van der Waals surface area contributed by atoms with E-state index in [4.69, 9.17) is 0 Å². The predicted octanol–water partition coefficient (Wildman–Crippen LogP) is 4.56. The van der Waals surface area contributed by atoms with Crippen LogP contribution in [0.3, 0.4) is 0 Å². The fraction of sp³-hybridized carbons (Fsp3) is 0.278. The zero-order valence-corrected chi connectivity index (χ0v) is 15.2. The minimum atomic E-state index is -2.57. The summed E-state index contributed by atoms with van der Waals surface area (Å²) in [6.07, 6.45) is 0. The quantitative estimate of drug-likeness (QED) is 0.689. The lowest BCUT2D eigenvalue weighted by Crippen LogP contribution is -2.37. The van der Waals surface area contributed by atoms with Crippen molar-refractivity contribution in [1.82, 2.24) is 10.2 Å². The van der Waals surface area contributed by atoms with Gasteiger partial charge in [-0.25, -0.2) is 9.18 Å². The van der Waals surface area contributed by atoms with Gasteiger partial charge in [0.15, 0.2) is 0 Å². The molecule has 0 radical (unpaired) electrons. The third-order valence-electron chi connectivity index (χ3n) is 3.69. The SMILES string of the molecule is CN(C)C(CNC(=O)Nc1ccccc1SC(F)F)c1ccc(F)cc1. The van der Waals surface area contributed by atoms with Gasteiger partial charge in [-0.05, 0) is 43.9 Å². The summed E-state index contributed by atoms with van der Waals surface area (Å²) in [4.78, 5) is 14.4. The number of hydrogen-bond donors (Lipinski definition) is 2. The van der Waals surface area contributed by atoms with Gasteiger partial charge in [-0.3, -0.25) is 0 Å². The summed E-state index contributed by atoms with van der Waals surface area (Å²) in [6, 6.07) is 11.8. The number of nitrogens with zero attached hydrogens (tertiary/aromatic N) is 1. The number of benzene rings is 2. The minimum absolute atomic E-state index is 0.160. The van der Waals surface area contributed by atoms with E-state index in [1.165, 1.54) is 18.2 Å². The number of amides is 2. The molecule has 0 aliphatic heterocycles. The molecule has 8 heteroatoms. The second-order valence-corrected chi connectivity index (χ2v) is 6.77. The molecule has 1 atom stereocenters. The summed E-state index contributed by atoms with van der Waals surface area (Å²) in [6.45, 7) is 0.272. The molecule has 4 nitrogen and oxygen atoms in total. The number of hydrogen-bond acceptors (Lipinski definition) is 3. The molecule has 0 aliphatic carbocycles. The lowest BCUT2D eigenvalue weighted by Gasteiger charge is -2.25. The highest BCUT2D eigenvalue weighted by Crippen LogP contribution is 2.31. The number of rotatable bonds is 7. The molecule has 0 spiro atoms. The topological polar surface area (TPSA) is 44.4 Å². The molecule has 2 rings (SSSR count). The molecule has 0 heterocycles. The van der Waals surface area contributed by atoms with Gasteiger partial charge in [0.25, 0.3) is 5.76 Å². The summed E-state index contributed by atoms with van der Waals surface area (Å²) < 4.78 is 38.3. The van der Waals surface area contributed by atoms with Gasteiger partial charge >= 0.3 is 6.03 Å². The molecule has 0 aromatic heterocycles.